The summed E-state index contributed by atoms with van der Waals surface area (Å²) in [5.41, 5.74) is 1.16. The Labute approximate surface area is 212 Å². The number of hydrogen-bond donors (Lipinski definition) is 0. The molecule has 34 heavy (non-hydrogen) atoms. The van der Waals surface area contributed by atoms with Crippen LogP contribution in [0.5, 0.6) is 5.75 Å². The standard InChI is InChI=1S/C27H35ClN2O3S/c1-19(2)11-14-29(27(32)20-5-3-4-6-20)17-26(31)30-15-12-25-23(13-16-34-25)24(30)18-33-22-9-7-21(28)8-10-22/h7-10,13,16,19-20,24H,3-6,11-12,14-15,17-18H2,1-2H3/t24-/m0/s1. The van der Waals surface area contributed by atoms with Crippen molar-refractivity contribution < 1.29 is 14.3 Å². The normalized spacial score (nSPS) is 18.2. The van der Waals surface area contributed by atoms with Crippen molar-refractivity contribution in [3.63, 3.8) is 0 Å². The van der Waals surface area contributed by atoms with Gasteiger partial charge in [-0.2, -0.15) is 0 Å². The van der Waals surface area contributed by atoms with Gasteiger partial charge in [0.05, 0.1) is 12.6 Å². The number of amides is 2. The van der Waals surface area contributed by atoms with Crippen LogP contribution in [0.1, 0.15) is 62.4 Å². The van der Waals surface area contributed by atoms with E-state index in [4.69, 9.17) is 16.3 Å². The fourth-order valence-electron chi connectivity index (χ4n) is 4.95. The maximum absolute atomic E-state index is 13.6. The van der Waals surface area contributed by atoms with E-state index in [1.807, 2.05) is 21.9 Å². The number of halogens is 1. The highest BCUT2D eigenvalue weighted by Gasteiger charge is 2.35. The largest absolute Gasteiger partial charge is 0.491 e. The van der Waals surface area contributed by atoms with E-state index >= 15 is 0 Å². The molecule has 1 aliphatic heterocycles. The first-order chi connectivity index (χ1) is 16.4. The molecule has 0 radical (unpaired) electrons. The molecule has 1 fully saturated rings. The molecular formula is C27H35ClN2O3S. The first-order valence-corrected chi connectivity index (χ1v) is 13.7. The van der Waals surface area contributed by atoms with Crippen molar-refractivity contribution in [3.05, 3.63) is 51.2 Å². The fourth-order valence-corrected chi connectivity index (χ4v) is 6.00. The summed E-state index contributed by atoms with van der Waals surface area (Å²) in [6, 6.07) is 9.25. The minimum atomic E-state index is -0.160. The molecule has 1 atom stereocenters. The molecule has 1 aromatic heterocycles. The van der Waals surface area contributed by atoms with Crippen molar-refractivity contribution >= 4 is 34.8 Å². The Kier molecular flexibility index (Phi) is 8.54. The smallest absolute Gasteiger partial charge is 0.242 e. The van der Waals surface area contributed by atoms with E-state index in [9.17, 15) is 9.59 Å². The summed E-state index contributed by atoms with van der Waals surface area (Å²) >= 11 is 7.74. The predicted molar refractivity (Wildman–Crippen MR) is 137 cm³/mol. The van der Waals surface area contributed by atoms with Gasteiger partial charge in [-0.05, 0) is 72.9 Å². The van der Waals surface area contributed by atoms with Gasteiger partial charge in [-0.15, -0.1) is 11.3 Å². The Morgan fingerprint density at radius 1 is 1.18 bits per heavy atom. The Bertz CT molecular complexity index is 969. The number of rotatable bonds is 9. The Balaban J connectivity index is 1.48. The fraction of sp³-hybridized carbons (Fsp3) is 0.556. The number of ether oxygens (including phenoxy) is 1. The maximum Gasteiger partial charge on any atom is 0.242 e. The Morgan fingerprint density at radius 2 is 1.91 bits per heavy atom. The molecule has 1 saturated carbocycles. The Hall–Kier alpha value is -2.05. The van der Waals surface area contributed by atoms with Crippen LogP contribution in [0, 0.1) is 11.8 Å². The molecule has 1 aliphatic carbocycles. The number of thiophene rings is 1. The number of carbonyl (C=O) groups is 2. The SMILES string of the molecule is CC(C)CCN(CC(=O)N1CCc2sccc2[C@@H]1COc1ccc(Cl)cc1)C(=O)C1CCCC1. The van der Waals surface area contributed by atoms with E-state index in [-0.39, 0.29) is 30.3 Å². The van der Waals surface area contributed by atoms with Crippen LogP contribution in [0.2, 0.25) is 5.02 Å². The highest BCUT2D eigenvalue weighted by Crippen LogP contribution is 2.34. The van der Waals surface area contributed by atoms with Crippen molar-refractivity contribution in [1.82, 2.24) is 9.80 Å². The third-order valence-electron chi connectivity index (χ3n) is 6.96. The second-order valence-electron chi connectivity index (χ2n) is 9.84. The highest BCUT2D eigenvalue weighted by atomic mass is 35.5. The van der Waals surface area contributed by atoms with Crippen LogP contribution in [0.25, 0.3) is 0 Å². The average molecular weight is 503 g/mol. The monoisotopic (exact) mass is 502 g/mol. The van der Waals surface area contributed by atoms with Crippen LogP contribution in [0.15, 0.2) is 35.7 Å². The molecule has 0 saturated heterocycles. The molecule has 2 aromatic rings. The topological polar surface area (TPSA) is 49.9 Å². The summed E-state index contributed by atoms with van der Waals surface area (Å²) in [5, 5.41) is 2.75. The van der Waals surface area contributed by atoms with E-state index in [1.165, 1.54) is 4.88 Å². The van der Waals surface area contributed by atoms with E-state index in [2.05, 4.69) is 25.3 Å². The van der Waals surface area contributed by atoms with E-state index in [0.29, 0.717) is 30.6 Å². The van der Waals surface area contributed by atoms with Crippen molar-refractivity contribution in [1.29, 1.82) is 0 Å². The van der Waals surface area contributed by atoms with Crippen LogP contribution < -0.4 is 4.74 Å². The molecule has 2 heterocycles. The van der Waals surface area contributed by atoms with E-state index < -0.39 is 0 Å². The second kappa shape index (κ2) is 11.6. The predicted octanol–water partition coefficient (Wildman–Crippen LogP) is 5.97. The number of fused-ring (bicyclic) bond motifs is 1. The lowest BCUT2D eigenvalue weighted by Gasteiger charge is -2.37. The third-order valence-corrected chi connectivity index (χ3v) is 8.20. The van der Waals surface area contributed by atoms with Gasteiger partial charge in [0, 0.05) is 28.9 Å². The zero-order valence-electron chi connectivity index (χ0n) is 20.2. The van der Waals surface area contributed by atoms with Gasteiger partial charge in [-0.1, -0.05) is 38.3 Å². The maximum atomic E-state index is 13.6. The average Bonchev–Trinajstić information content (AvgIpc) is 3.53. The molecule has 4 rings (SSSR count). The van der Waals surface area contributed by atoms with Gasteiger partial charge in [0.25, 0.3) is 0 Å². The molecular weight excluding hydrogens is 468 g/mol. The summed E-state index contributed by atoms with van der Waals surface area (Å²) in [6.45, 7) is 6.14. The van der Waals surface area contributed by atoms with Gasteiger partial charge in [0.1, 0.15) is 12.4 Å². The summed E-state index contributed by atoms with van der Waals surface area (Å²) in [4.78, 5) is 32.0. The van der Waals surface area contributed by atoms with Crippen molar-refractivity contribution in [2.75, 3.05) is 26.2 Å². The first kappa shape index (κ1) is 25.1. The van der Waals surface area contributed by atoms with Gasteiger partial charge < -0.3 is 14.5 Å². The minimum absolute atomic E-state index is 0.0108. The van der Waals surface area contributed by atoms with Crippen molar-refractivity contribution in [3.8, 4) is 5.75 Å². The number of carbonyl (C=O) groups excluding carboxylic acids is 2. The van der Waals surface area contributed by atoms with Gasteiger partial charge in [0.2, 0.25) is 11.8 Å². The number of hydrogen-bond acceptors (Lipinski definition) is 4. The van der Waals surface area contributed by atoms with Gasteiger partial charge in [0.15, 0.2) is 0 Å². The second-order valence-corrected chi connectivity index (χ2v) is 11.3. The molecule has 0 N–H and O–H groups in total. The molecule has 0 unspecified atom stereocenters. The summed E-state index contributed by atoms with van der Waals surface area (Å²) in [5.74, 6) is 1.46. The van der Waals surface area contributed by atoms with Crippen LogP contribution in [-0.2, 0) is 16.0 Å². The Morgan fingerprint density at radius 3 is 2.62 bits per heavy atom. The minimum Gasteiger partial charge on any atom is -0.491 e. The number of benzene rings is 1. The summed E-state index contributed by atoms with van der Waals surface area (Å²) in [7, 11) is 0. The summed E-state index contributed by atoms with van der Waals surface area (Å²) < 4.78 is 6.09. The molecule has 1 aromatic carbocycles. The molecule has 184 valence electrons. The third kappa shape index (κ3) is 6.14. The van der Waals surface area contributed by atoms with Gasteiger partial charge in [-0.25, -0.2) is 0 Å². The lowest BCUT2D eigenvalue weighted by Crippen LogP contribution is -2.49. The number of nitrogens with zero attached hydrogens (tertiary/aromatic N) is 2. The zero-order valence-corrected chi connectivity index (χ0v) is 21.7. The summed E-state index contributed by atoms with van der Waals surface area (Å²) in [6.07, 6.45) is 5.87. The van der Waals surface area contributed by atoms with Crippen LogP contribution >= 0.6 is 22.9 Å². The molecule has 0 spiro atoms. The molecule has 0 bridgehead atoms. The van der Waals surface area contributed by atoms with Crippen LogP contribution in [0.4, 0.5) is 0 Å². The quantitative estimate of drug-likeness (QED) is 0.424. The highest BCUT2D eigenvalue weighted by molar-refractivity contribution is 7.10. The molecule has 7 heteroatoms. The van der Waals surface area contributed by atoms with E-state index in [1.54, 1.807) is 23.5 Å². The molecule has 5 nitrogen and oxygen atoms in total. The lowest BCUT2D eigenvalue weighted by molar-refractivity contribution is -0.144. The van der Waals surface area contributed by atoms with Gasteiger partial charge >= 0.3 is 0 Å². The van der Waals surface area contributed by atoms with Crippen molar-refractivity contribution in [2.24, 2.45) is 11.8 Å². The van der Waals surface area contributed by atoms with Gasteiger partial charge in [-0.3, -0.25) is 9.59 Å². The molecule has 2 amide bonds. The first-order valence-electron chi connectivity index (χ1n) is 12.4. The molecule has 2 aliphatic rings. The van der Waals surface area contributed by atoms with Crippen LogP contribution in [0.3, 0.4) is 0 Å². The lowest BCUT2D eigenvalue weighted by atomic mass is 10.00. The van der Waals surface area contributed by atoms with Crippen molar-refractivity contribution in [2.45, 2.75) is 58.4 Å². The zero-order chi connectivity index (χ0) is 24.1. The van der Waals surface area contributed by atoms with E-state index in [0.717, 1.165) is 49.8 Å². The van der Waals surface area contributed by atoms with Crippen LogP contribution in [-0.4, -0.2) is 47.9 Å².